The van der Waals surface area contributed by atoms with Crippen molar-refractivity contribution < 1.29 is 24.5 Å². The second kappa shape index (κ2) is 11.5. The van der Waals surface area contributed by atoms with Crippen molar-refractivity contribution in [3.8, 4) is 11.8 Å². The van der Waals surface area contributed by atoms with E-state index < -0.39 is 12.2 Å². The molecular weight excluding hydrogens is 380 g/mol. The molecule has 1 aromatic carbocycles. The third kappa shape index (κ3) is 6.57. The molecule has 1 aliphatic heterocycles. The lowest BCUT2D eigenvalue weighted by Gasteiger charge is -2.19. The highest BCUT2D eigenvalue weighted by atomic mass is 16.5. The number of benzene rings is 1. The molecule has 2 aliphatic rings. The maximum Gasteiger partial charge on any atom is 0.305 e. The number of esters is 1. The highest BCUT2D eigenvalue weighted by Gasteiger charge is 2.43. The zero-order chi connectivity index (χ0) is 21.3. The van der Waals surface area contributed by atoms with Gasteiger partial charge in [-0.1, -0.05) is 42.2 Å². The van der Waals surface area contributed by atoms with Crippen molar-refractivity contribution in [2.45, 2.75) is 69.7 Å². The number of carbonyl (C=O) groups is 1. The van der Waals surface area contributed by atoms with Gasteiger partial charge in [0.25, 0.3) is 0 Å². The van der Waals surface area contributed by atoms with Gasteiger partial charge in [-0.05, 0) is 50.0 Å². The van der Waals surface area contributed by atoms with Gasteiger partial charge in [0.2, 0.25) is 0 Å². The number of hydrogen-bond donors (Lipinski definition) is 2. The van der Waals surface area contributed by atoms with E-state index in [1.807, 2.05) is 18.2 Å². The molecule has 3 rings (SSSR count). The van der Waals surface area contributed by atoms with Gasteiger partial charge in [-0.2, -0.15) is 0 Å². The smallest absolute Gasteiger partial charge is 0.305 e. The van der Waals surface area contributed by atoms with E-state index in [1.54, 1.807) is 0 Å². The molecule has 1 aliphatic carbocycles. The van der Waals surface area contributed by atoms with Crippen LogP contribution in [0.4, 0.5) is 0 Å². The first kappa shape index (κ1) is 22.8. The van der Waals surface area contributed by atoms with Crippen molar-refractivity contribution in [1.82, 2.24) is 0 Å². The summed E-state index contributed by atoms with van der Waals surface area (Å²) in [7, 11) is 1.42. The third-order valence-electron chi connectivity index (χ3n) is 6.47. The fourth-order valence-electron chi connectivity index (χ4n) is 4.68. The average Bonchev–Trinajstić information content (AvgIpc) is 2.92. The van der Waals surface area contributed by atoms with Crippen molar-refractivity contribution in [2.75, 3.05) is 13.7 Å². The van der Waals surface area contributed by atoms with Crippen LogP contribution in [0.5, 0.6) is 0 Å². The second-order valence-electron chi connectivity index (χ2n) is 8.60. The number of fused-ring (bicyclic) bond motifs is 1. The Morgan fingerprint density at radius 3 is 2.87 bits per heavy atom. The SMILES string of the molecule is COC(=O)CCC[C@H]1CC[C@@H]2[C@@H](C#CC(O)CCc3ccccc3)[C@H](O)C[C@@H]2OC1. The van der Waals surface area contributed by atoms with Gasteiger partial charge in [0.1, 0.15) is 6.10 Å². The first-order valence-corrected chi connectivity index (χ1v) is 11.2. The quantitative estimate of drug-likeness (QED) is 0.530. The van der Waals surface area contributed by atoms with Gasteiger partial charge < -0.3 is 19.7 Å². The minimum Gasteiger partial charge on any atom is -0.469 e. The molecule has 1 saturated carbocycles. The minimum atomic E-state index is -0.686. The number of aryl methyl sites for hydroxylation is 1. The van der Waals surface area contributed by atoms with Crippen LogP contribution >= 0.6 is 0 Å². The van der Waals surface area contributed by atoms with E-state index in [4.69, 9.17) is 9.47 Å². The zero-order valence-electron chi connectivity index (χ0n) is 17.8. The Bertz CT molecular complexity index is 722. The van der Waals surface area contributed by atoms with Crippen molar-refractivity contribution >= 4 is 5.97 Å². The number of aliphatic hydroxyl groups is 2. The predicted molar refractivity (Wildman–Crippen MR) is 114 cm³/mol. The monoisotopic (exact) mass is 414 g/mol. The summed E-state index contributed by atoms with van der Waals surface area (Å²) in [4.78, 5) is 11.3. The summed E-state index contributed by atoms with van der Waals surface area (Å²) in [6.45, 7) is 0.676. The maximum absolute atomic E-state index is 11.3. The Balaban J connectivity index is 1.49. The van der Waals surface area contributed by atoms with Crippen LogP contribution in [0.2, 0.25) is 0 Å². The Labute approximate surface area is 179 Å². The Morgan fingerprint density at radius 2 is 2.10 bits per heavy atom. The highest BCUT2D eigenvalue weighted by Crippen LogP contribution is 2.41. The van der Waals surface area contributed by atoms with Gasteiger partial charge in [-0.15, -0.1) is 0 Å². The lowest BCUT2D eigenvalue weighted by molar-refractivity contribution is -0.140. The molecule has 164 valence electrons. The molecule has 0 spiro atoms. The third-order valence-corrected chi connectivity index (χ3v) is 6.47. The van der Waals surface area contributed by atoms with Crippen molar-refractivity contribution in [3.05, 3.63) is 35.9 Å². The summed E-state index contributed by atoms with van der Waals surface area (Å²) < 4.78 is 10.8. The molecule has 1 heterocycles. The number of aliphatic hydroxyl groups excluding tert-OH is 2. The minimum absolute atomic E-state index is 0.0337. The van der Waals surface area contributed by atoms with E-state index in [1.165, 1.54) is 12.7 Å². The summed E-state index contributed by atoms with van der Waals surface area (Å²) in [5.74, 6) is 6.50. The molecule has 0 amide bonds. The van der Waals surface area contributed by atoms with E-state index >= 15 is 0 Å². The number of methoxy groups -OCH3 is 1. The lowest BCUT2D eigenvalue weighted by Crippen LogP contribution is -2.21. The maximum atomic E-state index is 11.3. The van der Waals surface area contributed by atoms with Crippen LogP contribution in [0.25, 0.3) is 0 Å². The van der Waals surface area contributed by atoms with Crippen LogP contribution in [-0.2, 0) is 20.7 Å². The molecule has 2 fully saturated rings. The second-order valence-corrected chi connectivity index (χ2v) is 8.60. The van der Waals surface area contributed by atoms with Crippen LogP contribution in [0, 0.1) is 29.6 Å². The van der Waals surface area contributed by atoms with Crippen molar-refractivity contribution in [2.24, 2.45) is 17.8 Å². The van der Waals surface area contributed by atoms with Crippen LogP contribution in [0.3, 0.4) is 0 Å². The summed E-state index contributed by atoms with van der Waals surface area (Å²) in [5.41, 5.74) is 1.19. The molecule has 5 nitrogen and oxygen atoms in total. The average molecular weight is 415 g/mol. The van der Waals surface area contributed by atoms with E-state index in [-0.39, 0.29) is 23.9 Å². The molecule has 1 unspecified atom stereocenters. The Kier molecular flexibility index (Phi) is 8.74. The van der Waals surface area contributed by atoms with Crippen LogP contribution in [0.1, 0.15) is 50.5 Å². The molecule has 1 aromatic rings. The van der Waals surface area contributed by atoms with Crippen LogP contribution < -0.4 is 0 Å². The first-order chi connectivity index (χ1) is 14.6. The Hall–Kier alpha value is -1.87. The molecule has 0 aromatic heterocycles. The first-order valence-electron chi connectivity index (χ1n) is 11.2. The zero-order valence-corrected chi connectivity index (χ0v) is 17.8. The van der Waals surface area contributed by atoms with Gasteiger partial charge in [0.15, 0.2) is 0 Å². The van der Waals surface area contributed by atoms with E-state index in [0.717, 1.165) is 32.1 Å². The van der Waals surface area contributed by atoms with Crippen LogP contribution in [0.15, 0.2) is 30.3 Å². The number of carbonyl (C=O) groups excluding carboxylic acids is 1. The predicted octanol–water partition coefficient (Wildman–Crippen LogP) is 3.12. The molecule has 30 heavy (non-hydrogen) atoms. The summed E-state index contributed by atoms with van der Waals surface area (Å²) in [5, 5.41) is 20.8. The highest BCUT2D eigenvalue weighted by molar-refractivity contribution is 5.68. The molecule has 5 heteroatoms. The molecule has 0 bridgehead atoms. The fourth-order valence-corrected chi connectivity index (χ4v) is 4.68. The molecule has 1 saturated heterocycles. The molecule has 6 atom stereocenters. The van der Waals surface area contributed by atoms with Gasteiger partial charge in [0, 0.05) is 25.4 Å². The van der Waals surface area contributed by atoms with Crippen molar-refractivity contribution in [3.63, 3.8) is 0 Å². The number of rotatable bonds is 7. The normalized spacial score (nSPS) is 29.2. The van der Waals surface area contributed by atoms with E-state index in [0.29, 0.717) is 31.8 Å². The van der Waals surface area contributed by atoms with Gasteiger partial charge in [0.05, 0.1) is 25.2 Å². The lowest BCUT2D eigenvalue weighted by atomic mass is 9.87. The van der Waals surface area contributed by atoms with Gasteiger partial charge in [-0.25, -0.2) is 0 Å². The molecular formula is C25H34O5. The number of ether oxygens (including phenoxy) is 2. The number of hydrogen-bond acceptors (Lipinski definition) is 5. The van der Waals surface area contributed by atoms with E-state index in [9.17, 15) is 15.0 Å². The Morgan fingerprint density at radius 1 is 1.30 bits per heavy atom. The molecule has 2 N–H and O–H groups in total. The summed E-state index contributed by atoms with van der Waals surface area (Å²) >= 11 is 0. The van der Waals surface area contributed by atoms with E-state index in [2.05, 4.69) is 24.0 Å². The fraction of sp³-hybridized carbons (Fsp3) is 0.640. The standard InChI is InChI=1S/C25H34O5/c1-29-25(28)9-5-8-19-11-14-22-21(23(27)16-24(22)30-17-19)15-13-20(26)12-10-18-6-3-2-4-7-18/h2-4,6-7,19-24,26-27H,5,8-12,14,16-17H2,1H3/t19-,20?,21+,22+,23+,24-/m0/s1. The summed E-state index contributed by atoms with van der Waals surface area (Å²) in [6, 6.07) is 10.1. The largest absolute Gasteiger partial charge is 0.469 e. The van der Waals surface area contributed by atoms with Gasteiger partial charge in [-0.3, -0.25) is 4.79 Å². The summed E-state index contributed by atoms with van der Waals surface area (Å²) in [6.07, 6.45) is 5.03. The van der Waals surface area contributed by atoms with Crippen LogP contribution in [-0.4, -0.2) is 48.2 Å². The van der Waals surface area contributed by atoms with Gasteiger partial charge >= 0.3 is 5.97 Å². The topological polar surface area (TPSA) is 76.0 Å². The van der Waals surface area contributed by atoms with Crippen molar-refractivity contribution in [1.29, 1.82) is 0 Å². The molecule has 0 radical (unpaired) electrons.